The fourth-order valence-electron chi connectivity index (χ4n) is 2.98. The van der Waals surface area contributed by atoms with Crippen LogP contribution in [0.25, 0.3) is 5.69 Å². The Morgan fingerprint density at radius 1 is 1.29 bits per heavy atom. The molecule has 1 aliphatic heterocycles. The van der Waals surface area contributed by atoms with E-state index in [2.05, 4.69) is 19.7 Å². The second-order valence-corrected chi connectivity index (χ2v) is 8.38. The zero-order valence-electron chi connectivity index (χ0n) is 14.0. The van der Waals surface area contributed by atoms with Gasteiger partial charge in [-0.05, 0) is 32.4 Å². The third-order valence-corrected chi connectivity index (χ3v) is 6.11. The lowest BCUT2D eigenvalue weighted by Crippen LogP contribution is -2.39. The van der Waals surface area contributed by atoms with Crippen LogP contribution in [0.15, 0.2) is 36.7 Å². The minimum Gasteiger partial charge on any atom is -0.295 e. The lowest BCUT2D eigenvalue weighted by molar-refractivity contribution is 0.319. The van der Waals surface area contributed by atoms with Crippen LogP contribution in [-0.2, 0) is 16.6 Å². The van der Waals surface area contributed by atoms with Crippen molar-refractivity contribution in [2.45, 2.75) is 38.1 Å². The highest BCUT2D eigenvalue weighted by molar-refractivity contribution is 7.90. The van der Waals surface area contributed by atoms with Crippen molar-refractivity contribution in [1.29, 1.82) is 0 Å². The fraction of sp³-hybridized carbons (Fsp3) is 0.500. The summed E-state index contributed by atoms with van der Waals surface area (Å²) in [4.78, 5) is 6.46. The molecule has 1 aromatic heterocycles. The Morgan fingerprint density at radius 3 is 2.75 bits per heavy atom. The van der Waals surface area contributed by atoms with Gasteiger partial charge in [0.1, 0.15) is 12.2 Å². The first-order valence-electron chi connectivity index (χ1n) is 8.13. The minimum atomic E-state index is -3.27. The molecular weight excluding hydrogens is 326 g/mol. The van der Waals surface area contributed by atoms with Gasteiger partial charge in [-0.3, -0.25) is 4.90 Å². The molecule has 0 spiro atoms. The van der Waals surface area contributed by atoms with Crippen molar-refractivity contribution in [2.75, 3.05) is 13.1 Å². The number of nitrogens with one attached hydrogen (secondary N) is 1. The molecule has 0 saturated carbocycles. The molecule has 1 aliphatic rings. The molecule has 0 amide bonds. The van der Waals surface area contributed by atoms with E-state index in [9.17, 15) is 8.42 Å². The number of benzene rings is 1. The highest BCUT2D eigenvalue weighted by Gasteiger charge is 2.33. The van der Waals surface area contributed by atoms with Crippen molar-refractivity contribution < 1.29 is 8.42 Å². The van der Waals surface area contributed by atoms with Crippen LogP contribution < -0.4 is 4.72 Å². The van der Waals surface area contributed by atoms with Crippen molar-refractivity contribution in [2.24, 2.45) is 0 Å². The fourth-order valence-corrected chi connectivity index (χ4v) is 4.65. The Morgan fingerprint density at radius 2 is 2.04 bits per heavy atom. The van der Waals surface area contributed by atoms with Gasteiger partial charge in [0.2, 0.25) is 10.0 Å². The summed E-state index contributed by atoms with van der Waals surface area (Å²) in [6.45, 7) is 5.52. The summed E-state index contributed by atoms with van der Waals surface area (Å²) >= 11 is 0. The van der Waals surface area contributed by atoms with E-state index in [1.165, 1.54) is 6.33 Å². The van der Waals surface area contributed by atoms with E-state index < -0.39 is 10.0 Å². The number of sulfonamides is 1. The summed E-state index contributed by atoms with van der Waals surface area (Å²) < 4.78 is 29.1. The number of aromatic nitrogens is 3. The number of hydrogen-bond acceptors (Lipinski definition) is 5. The summed E-state index contributed by atoms with van der Waals surface area (Å²) in [6.07, 6.45) is 2.18. The molecule has 0 radical (unpaired) electrons. The number of hydrogen-bond donors (Lipinski definition) is 1. The van der Waals surface area contributed by atoms with Crippen LogP contribution in [-0.4, -0.2) is 52.5 Å². The Kier molecular flexibility index (Phi) is 4.98. The number of para-hydroxylation sites is 1. The van der Waals surface area contributed by atoms with Crippen LogP contribution in [0.2, 0.25) is 0 Å². The molecule has 3 rings (SSSR count). The molecule has 1 fully saturated rings. The topological polar surface area (TPSA) is 80.1 Å². The van der Waals surface area contributed by atoms with Crippen molar-refractivity contribution in [3.8, 4) is 5.69 Å². The van der Waals surface area contributed by atoms with Crippen molar-refractivity contribution in [3.05, 3.63) is 42.5 Å². The normalized spacial score (nSPS) is 19.2. The Hall–Kier alpha value is -1.77. The molecule has 2 aromatic rings. The molecule has 1 aromatic carbocycles. The number of rotatable bonds is 6. The Labute approximate surface area is 142 Å². The van der Waals surface area contributed by atoms with Gasteiger partial charge in [0.05, 0.1) is 17.5 Å². The first-order chi connectivity index (χ1) is 11.5. The van der Waals surface area contributed by atoms with E-state index in [4.69, 9.17) is 0 Å². The lowest BCUT2D eigenvalue weighted by atomic mass is 10.3. The SMILES string of the molecule is CC(C)NS(=O)(=O)[C@@H]1CCN(Cc2ncnn2-c2ccccc2)C1. The van der Waals surface area contributed by atoms with Gasteiger partial charge in [0, 0.05) is 19.1 Å². The first-order valence-corrected chi connectivity index (χ1v) is 9.68. The Balaban J connectivity index is 1.68. The highest BCUT2D eigenvalue weighted by atomic mass is 32.2. The molecule has 1 atom stereocenters. The maximum absolute atomic E-state index is 12.3. The number of nitrogens with zero attached hydrogens (tertiary/aromatic N) is 4. The van der Waals surface area contributed by atoms with Gasteiger partial charge in [0.15, 0.2) is 0 Å². The predicted molar refractivity (Wildman–Crippen MR) is 92.2 cm³/mol. The van der Waals surface area contributed by atoms with E-state index >= 15 is 0 Å². The molecule has 0 bridgehead atoms. The van der Waals surface area contributed by atoms with Crippen LogP contribution in [0.4, 0.5) is 0 Å². The molecule has 2 heterocycles. The van der Waals surface area contributed by atoms with E-state index in [1.54, 1.807) is 4.68 Å². The predicted octanol–water partition coefficient (Wildman–Crippen LogP) is 1.17. The van der Waals surface area contributed by atoms with Gasteiger partial charge in [-0.2, -0.15) is 5.10 Å². The van der Waals surface area contributed by atoms with Gasteiger partial charge >= 0.3 is 0 Å². The maximum Gasteiger partial charge on any atom is 0.216 e. The third-order valence-electron chi connectivity index (χ3n) is 4.05. The molecular formula is C16H23N5O2S. The van der Waals surface area contributed by atoms with Crippen molar-refractivity contribution in [1.82, 2.24) is 24.4 Å². The van der Waals surface area contributed by atoms with E-state index in [0.29, 0.717) is 19.5 Å². The van der Waals surface area contributed by atoms with Crippen molar-refractivity contribution in [3.63, 3.8) is 0 Å². The molecule has 0 unspecified atom stereocenters. The van der Waals surface area contributed by atoms with Crippen molar-refractivity contribution >= 4 is 10.0 Å². The zero-order valence-corrected chi connectivity index (χ0v) is 14.8. The lowest BCUT2D eigenvalue weighted by Gasteiger charge is -2.17. The summed E-state index contributed by atoms with van der Waals surface area (Å²) in [5, 5.41) is 3.92. The molecule has 8 heteroatoms. The molecule has 24 heavy (non-hydrogen) atoms. The average Bonchev–Trinajstić information content (AvgIpc) is 3.17. The maximum atomic E-state index is 12.3. The number of likely N-dealkylation sites (tertiary alicyclic amines) is 1. The summed E-state index contributed by atoms with van der Waals surface area (Å²) in [5.41, 5.74) is 0.954. The van der Waals surface area contributed by atoms with Gasteiger partial charge in [-0.1, -0.05) is 18.2 Å². The van der Waals surface area contributed by atoms with Crippen LogP contribution in [0.3, 0.4) is 0 Å². The van der Waals surface area contributed by atoms with Crippen LogP contribution in [0, 0.1) is 0 Å². The second-order valence-electron chi connectivity index (χ2n) is 6.39. The third kappa shape index (κ3) is 3.82. The van der Waals surface area contributed by atoms with Gasteiger partial charge in [0.25, 0.3) is 0 Å². The van der Waals surface area contributed by atoms with E-state index in [-0.39, 0.29) is 11.3 Å². The molecule has 0 aliphatic carbocycles. The summed E-state index contributed by atoms with van der Waals surface area (Å²) in [7, 11) is -3.27. The molecule has 1 N–H and O–H groups in total. The van der Waals surface area contributed by atoms with E-state index in [0.717, 1.165) is 18.1 Å². The quantitative estimate of drug-likeness (QED) is 0.847. The van der Waals surface area contributed by atoms with Gasteiger partial charge in [-0.15, -0.1) is 0 Å². The minimum absolute atomic E-state index is 0.0785. The summed E-state index contributed by atoms with van der Waals surface area (Å²) in [6, 6.07) is 9.74. The van der Waals surface area contributed by atoms with Gasteiger partial charge in [-0.25, -0.2) is 22.8 Å². The first kappa shape index (κ1) is 17.1. The standard InChI is InChI=1S/C16H23N5O2S/c1-13(2)19-24(22,23)15-8-9-20(10-15)11-16-17-12-18-21(16)14-6-4-3-5-7-14/h3-7,12-13,15,19H,8-11H2,1-2H3/t15-/m1/s1. The smallest absolute Gasteiger partial charge is 0.216 e. The molecule has 1 saturated heterocycles. The average molecular weight is 349 g/mol. The van der Waals surface area contributed by atoms with Crippen LogP contribution >= 0.6 is 0 Å². The molecule has 130 valence electrons. The Bertz CT molecular complexity index is 773. The largest absolute Gasteiger partial charge is 0.295 e. The van der Waals surface area contributed by atoms with Crippen LogP contribution in [0.5, 0.6) is 0 Å². The second kappa shape index (κ2) is 7.00. The summed E-state index contributed by atoms with van der Waals surface area (Å²) in [5.74, 6) is 0.816. The molecule has 7 nitrogen and oxygen atoms in total. The van der Waals surface area contributed by atoms with E-state index in [1.807, 2.05) is 44.2 Å². The van der Waals surface area contributed by atoms with Gasteiger partial charge < -0.3 is 0 Å². The zero-order chi connectivity index (χ0) is 17.2. The highest BCUT2D eigenvalue weighted by Crippen LogP contribution is 2.19. The van der Waals surface area contributed by atoms with Crippen LogP contribution in [0.1, 0.15) is 26.1 Å². The monoisotopic (exact) mass is 349 g/mol.